The summed E-state index contributed by atoms with van der Waals surface area (Å²) in [5.41, 5.74) is 2.09. The molecule has 1 aliphatic carbocycles. The molecule has 0 heterocycles. The third-order valence-electron chi connectivity index (χ3n) is 3.64. The van der Waals surface area contributed by atoms with E-state index < -0.39 is 0 Å². The van der Waals surface area contributed by atoms with Crippen LogP contribution in [0.25, 0.3) is 0 Å². The molecule has 100 valence electrons. The molecular weight excluding hydrogens is 227 g/mol. The molecule has 0 bridgehead atoms. The van der Waals surface area contributed by atoms with Crippen molar-refractivity contribution in [3.05, 3.63) is 35.1 Å². The maximum atomic E-state index is 13.6. The summed E-state index contributed by atoms with van der Waals surface area (Å²) in [7, 11) is 4.20. The number of hydrogen-bond donors (Lipinski definition) is 1. The molecule has 0 radical (unpaired) electrons. The van der Waals surface area contributed by atoms with Gasteiger partial charge >= 0.3 is 0 Å². The number of unbranched alkanes of at least 4 members (excludes halogenated alkanes) is 1. The lowest BCUT2D eigenvalue weighted by molar-refractivity contribution is 0.387. The fraction of sp³-hybridized carbons (Fsp3) is 0.600. The second-order valence-electron chi connectivity index (χ2n) is 5.36. The van der Waals surface area contributed by atoms with Crippen LogP contribution in [0.4, 0.5) is 4.39 Å². The average Bonchev–Trinajstić information content (AvgIpc) is 2.73. The van der Waals surface area contributed by atoms with Crippen molar-refractivity contribution in [3.63, 3.8) is 0 Å². The lowest BCUT2D eigenvalue weighted by Gasteiger charge is -2.15. The molecule has 0 aliphatic heterocycles. The molecule has 3 heteroatoms. The number of hydrogen-bond acceptors (Lipinski definition) is 2. The summed E-state index contributed by atoms with van der Waals surface area (Å²) in [6, 6.07) is 5.80. The fourth-order valence-corrected chi connectivity index (χ4v) is 2.65. The predicted molar refractivity (Wildman–Crippen MR) is 73.3 cm³/mol. The number of halogens is 1. The first kappa shape index (κ1) is 13.5. The Morgan fingerprint density at radius 2 is 2.17 bits per heavy atom. The summed E-state index contributed by atoms with van der Waals surface area (Å²) < 4.78 is 13.6. The molecular formula is C15H23FN2. The van der Waals surface area contributed by atoms with Crippen LogP contribution in [0, 0.1) is 5.82 Å². The van der Waals surface area contributed by atoms with Crippen LogP contribution in [0.2, 0.25) is 0 Å². The van der Waals surface area contributed by atoms with E-state index in [0.717, 1.165) is 31.5 Å². The summed E-state index contributed by atoms with van der Waals surface area (Å²) in [4.78, 5) is 2.21. The zero-order valence-electron chi connectivity index (χ0n) is 11.4. The topological polar surface area (TPSA) is 15.3 Å². The van der Waals surface area contributed by atoms with E-state index in [0.29, 0.717) is 6.04 Å². The molecule has 0 saturated heterocycles. The SMILES string of the molecule is CN(C)CCCCNC1CCc2c(F)cccc21. The van der Waals surface area contributed by atoms with Crippen LogP contribution >= 0.6 is 0 Å². The van der Waals surface area contributed by atoms with Gasteiger partial charge in [-0.1, -0.05) is 12.1 Å². The Bertz CT molecular complexity index is 390. The Balaban J connectivity index is 1.78. The molecule has 0 amide bonds. The van der Waals surface area contributed by atoms with Crippen LogP contribution in [0.3, 0.4) is 0 Å². The predicted octanol–water partition coefficient (Wildman–Crippen LogP) is 2.74. The fourth-order valence-electron chi connectivity index (χ4n) is 2.65. The Kier molecular flexibility index (Phi) is 4.72. The van der Waals surface area contributed by atoms with E-state index in [9.17, 15) is 4.39 Å². The van der Waals surface area contributed by atoms with Gasteiger partial charge in [-0.2, -0.15) is 0 Å². The summed E-state index contributed by atoms with van der Waals surface area (Å²) >= 11 is 0. The first-order valence-electron chi connectivity index (χ1n) is 6.84. The van der Waals surface area contributed by atoms with E-state index in [-0.39, 0.29) is 5.82 Å². The lowest BCUT2D eigenvalue weighted by Crippen LogP contribution is -2.21. The van der Waals surface area contributed by atoms with Gasteiger partial charge in [-0.05, 0) is 70.1 Å². The first-order valence-corrected chi connectivity index (χ1v) is 6.84. The van der Waals surface area contributed by atoms with Gasteiger partial charge in [0, 0.05) is 6.04 Å². The summed E-state index contributed by atoms with van der Waals surface area (Å²) in [5.74, 6) is -0.0376. The molecule has 0 saturated carbocycles. The van der Waals surface area contributed by atoms with E-state index in [1.807, 2.05) is 6.07 Å². The molecule has 1 atom stereocenters. The summed E-state index contributed by atoms with van der Waals surface area (Å²) in [6.07, 6.45) is 4.30. The van der Waals surface area contributed by atoms with E-state index in [1.165, 1.54) is 18.4 Å². The van der Waals surface area contributed by atoms with Crippen molar-refractivity contribution in [1.82, 2.24) is 10.2 Å². The monoisotopic (exact) mass is 250 g/mol. The zero-order chi connectivity index (χ0) is 13.0. The Hall–Kier alpha value is -0.930. The molecule has 1 aliphatic rings. The number of fused-ring (bicyclic) bond motifs is 1. The van der Waals surface area contributed by atoms with Gasteiger partial charge in [0.2, 0.25) is 0 Å². The quantitative estimate of drug-likeness (QED) is 0.781. The van der Waals surface area contributed by atoms with Crippen molar-refractivity contribution in [2.45, 2.75) is 31.7 Å². The first-order chi connectivity index (χ1) is 8.68. The minimum absolute atomic E-state index is 0.0376. The Morgan fingerprint density at radius 1 is 1.33 bits per heavy atom. The van der Waals surface area contributed by atoms with Gasteiger partial charge in [0.05, 0.1) is 0 Å². The van der Waals surface area contributed by atoms with Crippen LogP contribution in [0.5, 0.6) is 0 Å². The molecule has 0 fully saturated rings. The van der Waals surface area contributed by atoms with Gasteiger partial charge in [-0.15, -0.1) is 0 Å². The highest BCUT2D eigenvalue weighted by atomic mass is 19.1. The normalized spacial score (nSPS) is 18.3. The third-order valence-corrected chi connectivity index (χ3v) is 3.64. The highest BCUT2D eigenvalue weighted by Gasteiger charge is 2.23. The van der Waals surface area contributed by atoms with E-state index >= 15 is 0 Å². The van der Waals surface area contributed by atoms with Crippen molar-refractivity contribution in [3.8, 4) is 0 Å². The average molecular weight is 250 g/mol. The van der Waals surface area contributed by atoms with Gasteiger partial charge in [0.25, 0.3) is 0 Å². The molecule has 1 unspecified atom stereocenters. The Labute approximate surface area is 109 Å². The second kappa shape index (κ2) is 6.30. The lowest BCUT2D eigenvalue weighted by atomic mass is 10.1. The standard InChI is InChI=1S/C15H23FN2/c1-18(2)11-4-3-10-17-15-9-8-12-13(15)6-5-7-14(12)16/h5-7,15,17H,3-4,8-11H2,1-2H3. The van der Waals surface area contributed by atoms with Crippen molar-refractivity contribution >= 4 is 0 Å². The van der Waals surface area contributed by atoms with Crippen molar-refractivity contribution < 1.29 is 4.39 Å². The second-order valence-corrected chi connectivity index (χ2v) is 5.36. The molecule has 1 N–H and O–H groups in total. The Morgan fingerprint density at radius 3 is 2.94 bits per heavy atom. The molecule has 2 rings (SSSR count). The zero-order valence-corrected chi connectivity index (χ0v) is 11.4. The minimum atomic E-state index is -0.0376. The summed E-state index contributed by atoms with van der Waals surface area (Å²) in [5, 5.41) is 3.55. The van der Waals surface area contributed by atoms with Crippen molar-refractivity contribution in [2.24, 2.45) is 0 Å². The molecule has 1 aromatic carbocycles. The third kappa shape index (κ3) is 3.30. The molecule has 1 aromatic rings. The van der Waals surface area contributed by atoms with Gasteiger partial charge < -0.3 is 10.2 Å². The van der Waals surface area contributed by atoms with E-state index in [4.69, 9.17) is 0 Å². The minimum Gasteiger partial charge on any atom is -0.310 e. The largest absolute Gasteiger partial charge is 0.310 e. The smallest absolute Gasteiger partial charge is 0.126 e. The van der Waals surface area contributed by atoms with Crippen LogP contribution < -0.4 is 5.32 Å². The van der Waals surface area contributed by atoms with E-state index in [1.54, 1.807) is 6.07 Å². The van der Waals surface area contributed by atoms with Crippen LogP contribution in [0.1, 0.15) is 36.4 Å². The maximum absolute atomic E-state index is 13.6. The van der Waals surface area contributed by atoms with Crippen LogP contribution in [0.15, 0.2) is 18.2 Å². The number of nitrogens with one attached hydrogen (secondary N) is 1. The van der Waals surface area contributed by atoms with Crippen molar-refractivity contribution in [1.29, 1.82) is 0 Å². The summed E-state index contributed by atoms with van der Waals surface area (Å²) in [6.45, 7) is 2.16. The van der Waals surface area contributed by atoms with Gasteiger partial charge in [0.15, 0.2) is 0 Å². The molecule has 2 nitrogen and oxygen atoms in total. The van der Waals surface area contributed by atoms with Gasteiger partial charge in [-0.3, -0.25) is 0 Å². The van der Waals surface area contributed by atoms with Crippen LogP contribution in [-0.4, -0.2) is 32.1 Å². The number of rotatable bonds is 6. The molecule has 18 heavy (non-hydrogen) atoms. The van der Waals surface area contributed by atoms with Crippen molar-refractivity contribution in [2.75, 3.05) is 27.2 Å². The molecule has 0 spiro atoms. The maximum Gasteiger partial charge on any atom is 0.126 e. The van der Waals surface area contributed by atoms with Gasteiger partial charge in [0.1, 0.15) is 5.82 Å². The van der Waals surface area contributed by atoms with Crippen LogP contribution in [-0.2, 0) is 6.42 Å². The number of benzene rings is 1. The van der Waals surface area contributed by atoms with E-state index in [2.05, 4.69) is 30.4 Å². The van der Waals surface area contributed by atoms with Gasteiger partial charge in [-0.25, -0.2) is 4.39 Å². The highest BCUT2D eigenvalue weighted by Crippen LogP contribution is 2.32. The molecule has 0 aromatic heterocycles. The highest BCUT2D eigenvalue weighted by molar-refractivity contribution is 5.35. The number of nitrogens with zero attached hydrogens (tertiary/aromatic N) is 1.